The van der Waals surface area contributed by atoms with Gasteiger partial charge in [0.25, 0.3) is 11.8 Å². The van der Waals surface area contributed by atoms with E-state index >= 15 is 0 Å². The first-order chi connectivity index (χ1) is 68.8. The molecule has 4 fully saturated rings. The number of unbranched alkanes of at least 4 members (excludes halogenated alkanes) is 2. The van der Waals surface area contributed by atoms with Crippen LogP contribution in [-0.4, -0.2) is 399 Å². The average Bonchev–Trinajstić information content (AvgIpc) is 1.63. The first-order valence-corrected chi connectivity index (χ1v) is 61.5. The Hall–Kier alpha value is -10.4. The van der Waals surface area contributed by atoms with Crippen molar-refractivity contribution in [2.45, 2.75) is 214 Å². The van der Waals surface area contributed by atoms with Crippen molar-refractivity contribution >= 4 is 150 Å². The fourth-order valence-corrected chi connectivity index (χ4v) is 15.5. The third-order valence-corrected chi connectivity index (χ3v) is 43.2. The number of imide groups is 1. The van der Waals surface area contributed by atoms with E-state index in [1.54, 1.807) is 55.2 Å². The highest BCUT2D eigenvalue weighted by atomic mass is 79.9. The molecule has 44 nitrogen and oxygen atoms in total. The van der Waals surface area contributed by atoms with Crippen molar-refractivity contribution in [3.8, 4) is 0 Å². The molecule has 0 aromatic heterocycles. The first-order valence-electron chi connectivity index (χ1n) is 48.8. The number of nitrogens with zero attached hydrogens (tertiary/aromatic N) is 9. The lowest BCUT2D eigenvalue weighted by Crippen LogP contribution is -2.54. The molecule has 0 aliphatic carbocycles. The van der Waals surface area contributed by atoms with Crippen LogP contribution in [0.3, 0.4) is 0 Å². The monoisotopic (exact) mass is 2230 g/mol. The number of nitrogens with one attached hydrogen (secondary N) is 2. The van der Waals surface area contributed by atoms with Gasteiger partial charge in [-0.15, -0.1) is 0 Å². The summed E-state index contributed by atoms with van der Waals surface area (Å²) in [6, 6.07) is 25.1. The molecule has 49 heteroatoms. The minimum atomic E-state index is -1.98. The molecule has 148 heavy (non-hydrogen) atoms. The molecule has 0 saturated carbocycles. The van der Waals surface area contributed by atoms with Crippen LogP contribution < -0.4 is 33.8 Å². The number of carbonyl (C=O) groups excluding carboxylic acids is 16. The van der Waals surface area contributed by atoms with Gasteiger partial charge in [-0.25, -0.2) is 4.79 Å². The summed E-state index contributed by atoms with van der Waals surface area (Å²) in [5.41, 5.74) is 12.7. The van der Waals surface area contributed by atoms with Gasteiger partial charge in [-0.05, 0) is 102 Å². The van der Waals surface area contributed by atoms with Crippen LogP contribution in [0.15, 0.2) is 84.9 Å². The number of rotatable bonds is 37. The number of ether oxygens (including phenoxy) is 5. The van der Waals surface area contributed by atoms with Gasteiger partial charge in [0, 0.05) is 86.5 Å². The Bertz CT molecular complexity index is 4520. The van der Waals surface area contributed by atoms with Gasteiger partial charge in [-0.1, -0.05) is 192 Å². The maximum Gasteiger partial charge on any atom is 0.407 e. The maximum atomic E-state index is 12.5. The number of carbonyl (C=O) groups is 17. The maximum absolute atomic E-state index is 12.5. The fraction of sp³-hybridized carbons (Fsp3) is 0.646. The Morgan fingerprint density at radius 1 is 0.439 bits per heavy atom. The van der Waals surface area contributed by atoms with Crippen molar-refractivity contribution in [1.29, 1.82) is 0 Å². The highest BCUT2D eigenvalue weighted by molar-refractivity contribution is 9.09. The Labute approximate surface area is 887 Å². The van der Waals surface area contributed by atoms with Gasteiger partial charge in [-0.2, -0.15) is 0 Å². The van der Waals surface area contributed by atoms with E-state index in [2.05, 4.69) is 195 Å². The quantitative estimate of drug-likeness (QED) is 0.00424. The van der Waals surface area contributed by atoms with Gasteiger partial charge < -0.3 is 118 Å². The number of halogens is 1. The molecule has 3 aromatic rings. The number of hydrogen-bond acceptors (Lipinski definition) is 32. The number of likely N-dealkylation sites (N-methyl/N-ethyl adjacent to an activating group) is 3. The number of benzene rings is 3. The van der Waals surface area contributed by atoms with E-state index in [1.807, 2.05) is 60.7 Å². The summed E-state index contributed by atoms with van der Waals surface area (Å²) in [4.78, 5) is 206. The molecular formula is C99H174BrN15O29Si4. The third-order valence-electron chi connectivity index (χ3n) is 24.6. The molecule has 5 heterocycles. The number of fused-ring (bicyclic) bond motifs is 1. The molecule has 3 aromatic carbocycles. The number of methoxy groups -OCH3 is 3. The summed E-state index contributed by atoms with van der Waals surface area (Å²) in [5.74, 6) is 3.87. The van der Waals surface area contributed by atoms with Crippen molar-refractivity contribution in [1.82, 2.24) is 54.7 Å². The summed E-state index contributed by atoms with van der Waals surface area (Å²) in [6.45, 7) is 51.1. The van der Waals surface area contributed by atoms with Gasteiger partial charge in [-0.3, -0.25) is 93.3 Å². The molecule has 0 spiro atoms. The van der Waals surface area contributed by atoms with Crippen molar-refractivity contribution in [2.24, 2.45) is 23.2 Å². The zero-order chi connectivity index (χ0) is 114. The second kappa shape index (κ2) is 72.9. The number of aliphatic hydroxyl groups is 2. The number of hydrogen-bond donors (Lipinski definition) is 9. The number of aliphatic hydroxyl groups excluding tert-OH is 2. The zero-order valence-corrected chi connectivity index (χ0v) is 98.2. The minimum absolute atomic E-state index is 0.000862. The average molecular weight is 2230 g/mol. The molecule has 0 unspecified atom stereocenters. The van der Waals surface area contributed by atoms with Crippen LogP contribution >= 0.6 is 15.9 Å². The number of aliphatic carboxylic acids is 1. The van der Waals surface area contributed by atoms with Crippen LogP contribution in [-0.2, 0) is 122 Å². The normalized spacial score (nSPS) is 14.2. The summed E-state index contributed by atoms with van der Waals surface area (Å²) < 4.78 is 47.2. The minimum Gasteiger partial charge on any atom is -0.481 e. The molecular weight excluding hydrogens is 2060 g/mol. The van der Waals surface area contributed by atoms with Crippen LogP contribution in [0.2, 0.25) is 72.5 Å². The number of β-amino-alcohol motifs (C(OH)–C–C–N with tert-alkyl or cyclic N) is 1. The number of hydrazine groups is 1. The van der Waals surface area contributed by atoms with Gasteiger partial charge in [0.2, 0.25) is 53.2 Å². The van der Waals surface area contributed by atoms with Crippen molar-refractivity contribution in [3.05, 3.63) is 107 Å². The van der Waals surface area contributed by atoms with Crippen LogP contribution in [0, 0.1) is 0 Å². The molecule has 0 bridgehead atoms. The Morgan fingerprint density at radius 3 is 1.17 bits per heavy atom. The SMILES string of the molecule is CC(C)(C)[Si](C)(C)OCCN.CC(C)(C)[Si](C)(C)OCCN1CC(=O)NCC1=O.CCCCCC(=O)OC.CN1CC(=O)N(CCN2C(=O)c3ccccc3C2=O)CC1=O.CN1CC(=O)N(CCO)CC1=O.CN1CC(=O)N(CCO[Si](C)(C)C(C)(C)C)CC1=O.COC(=O)CBr.COC(=O)CN(CCO[Si](C)(C)C(C)(C)C)C(=O)CNC(=O)OCc1ccccc1.NCCO.NN.O=C(O)CCC(=O)OCc1ccccc1. The largest absolute Gasteiger partial charge is 0.481 e. The predicted molar refractivity (Wildman–Crippen MR) is 576 cm³/mol. The lowest BCUT2D eigenvalue weighted by Gasteiger charge is -2.37. The number of amides is 12. The topological polar surface area (TPSA) is 591 Å². The van der Waals surface area contributed by atoms with Crippen LogP contribution in [0.1, 0.15) is 160 Å². The highest BCUT2D eigenvalue weighted by Crippen LogP contribution is 2.39. The van der Waals surface area contributed by atoms with Crippen molar-refractivity contribution < 1.29 is 138 Å². The molecule has 13 N–H and O–H groups in total. The second-order valence-corrected chi connectivity index (χ2v) is 59.9. The number of carboxylic acids is 1. The molecule has 5 aliphatic heterocycles. The van der Waals surface area contributed by atoms with Crippen molar-refractivity contribution in [3.63, 3.8) is 0 Å². The predicted octanol–water partition coefficient (Wildman–Crippen LogP) is 6.69. The lowest BCUT2D eigenvalue weighted by molar-refractivity contribution is -0.149. The summed E-state index contributed by atoms with van der Waals surface area (Å²) in [5, 5.41) is 30.6. The van der Waals surface area contributed by atoms with E-state index in [0.717, 1.165) is 35.3 Å². The van der Waals surface area contributed by atoms with Gasteiger partial charge in [0.1, 0.15) is 31.6 Å². The number of piperazine rings is 4. The number of alkyl carbamates (subject to hydrolysis) is 1. The fourth-order valence-electron chi connectivity index (χ4n) is 11.1. The second-order valence-electron chi connectivity index (χ2n) is 40.1. The Kier molecular flexibility index (Phi) is 69.8. The standard InChI is InChI=1S/C21H34N2O6Si.C15H15N3O4.C13H26N2O3Si.C12H24N2O3Si.C11H12O4.C8H21NOSi.C7H12N2O3.C7H14O2.C3H5BrO2.C2H7NO.H4N2/c1-21(2,3)30(5,6)29-13-12-23(15-19(25)27-4)18(24)14-22-20(26)28-16-17-10-8-7-9-11-17;1-16-8-13(20)17(9-12(16)19)6-7-18-14(21)10-4-2-3-5-11(10)15(18)22;1-13(2,3)19(5,6)18-8-7-15-10-11(16)14(4)9-12(15)17;1-12(2,3)18(4,5)17-7-6-14-9-10(15)13-8-11(14)16;12-10(13)6-7-11(14)15-8-9-4-2-1-3-5-9;1-8(2,3)11(4,5)10-7-6-9;1-8-4-7(12)9(2-3-10)5-6(8)11;1-3-4-5-6-7(8)9-2;1-6-3(5)2-4;3-1-2-4;1-2/h7-11H,12-16H2,1-6H3,(H,22,26);2-5H,6-9H2,1H3;7-10H2,1-6H3;6-9H2,1-5H3,(H,13,15);1-5H,6-8H2,(H,12,13);6-7,9H2,1-5H3;10H,2-5H2,1H3;3-6H2,1-2H3;2H2,1H3;4H,1-3H2;1-2H2. The van der Waals surface area contributed by atoms with E-state index < -0.39 is 63.2 Å². The highest BCUT2D eigenvalue weighted by Gasteiger charge is 2.42. The Morgan fingerprint density at radius 2 is 0.811 bits per heavy atom. The van der Waals surface area contributed by atoms with E-state index in [9.17, 15) is 81.5 Å². The molecule has 5 aliphatic rings. The molecule has 12 amide bonds. The lowest BCUT2D eigenvalue weighted by atomic mass is 10.1. The van der Waals surface area contributed by atoms with E-state index in [0.29, 0.717) is 75.2 Å². The molecule has 8 rings (SSSR count). The van der Waals surface area contributed by atoms with E-state index in [-0.39, 0.29) is 222 Å². The third kappa shape index (κ3) is 58.1. The van der Waals surface area contributed by atoms with E-state index in [4.69, 9.17) is 54.0 Å². The van der Waals surface area contributed by atoms with Crippen LogP contribution in [0.25, 0.3) is 0 Å². The van der Waals surface area contributed by atoms with E-state index in [1.165, 1.54) is 50.7 Å². The Balaban J connectivity index is -0.00000163. The number of alkyl halides is 1. The number of esters is 4. The number of carboxylic acid groups (broad SMARTS) is 1. The first kappa shape index (κ1) is 142. The summed E-state index contributed by atoms with van der Waals surface area (Å²) >= 11 is 2.90. The summed E-state index contributed by atoms with van der Waals surface area (Å²) in [6.07, 6.45) is 2.83. The van der Waals surface area contributed by atoms with Gasteiger partial charge >= 0.3 is 35.9 Å². The van der Waals surface area contributed by atoms with Crippen LogP contribution in [0.5, 0.6) is 0 Å². The zero-order valence-electron chi connectivity index (χ0n) is 92.6. The van der Waals surface area contributed by atoms with Crippen molar-refractivity contribution in [2.75, 3.05) is 205 Å². The molecule has 4 saturated heterocycles. The number of nitrogens with two attached hydrogens (primary N) is 4. The molecule has 842 valence electrons. The smallest absolute Gasteiger partial charge is 0.407 e. The summed E-state index contributed by atoms with van der Waals surface area (Å²) in [7, 11) is 1.83. The molecule has 0 radical (unpaired) electrons. The molecule has 0 atom stereocenters. The van der Waals surface area contributed by atoms with Gasteiger partial charge in [0.05, 0.1) is 131 Å². The van der Waals surface area contributed by atoms with Gasteiger partial charge in [0.15, 0.2) is 33.3 Å². The van der Waals surface area contributed by atoms with Crippen LogP contribution in [0.4, 0.5) is 4.79 Å².